The zero-order valence-electron chi connectivity index (χ0n) is 9.79. The smallest absolute Gasteiger partial charge is 0.313 e. The molecule has 0 bridgehead atoms. The molecule has 1 fully saturated rings. The normalized spacial score (nSPS) is 19.5. The lowest BCUT2D eigenvalue weighted by atomic mass is 10.1. The fraction of sp³-hybridized carbons (Fsp3) is 1.00. The van der Waals surface area contributed by atoms with Crippen molar-refractivity contribution >= 4 is 10.0 Å². The van der Waals surface area contributed by atoms with E-state index in [4.69, 9.17) is 0 Å². The molecule has 0 spiro atoms. The van der Waals surface area contributed by atoms with Crippen molar-refractivity contribution in [2.45, 2.75) is 50.3 Å². The van der Waals surface area contributed by atoms with Crippen molar-refractivity contribution < 1.29 is 17.2 Å². The maximum absolute atomic E-state index is 12.0. The van der Waals surface area contributed by atoms with Crippen LogP contribution >= 0.6 is 0 Å². The lowest BCUT2D eigenvalue weighted by molar-refractivity contribution is 0.232. The largest absolute Gasteiger partial charge is 0.350 e. The summed E-state index contributed by atoms with van der Waals surface area (Å²) in [6.45, 7) is 0.416. The van der Waals surface area contributed by atoms with E-state index >= 15 is 0 Å². The van der Waals surface area contributed by atoms with Crippen LogP contribution in [0.4, 0.5) is 8.78 Å². The van der Waals surface area contributed by atoms with Crippen LogP contribution in [-0.4, -0.2) is 33.3 Å². The Kier molecular flexibility index (Phi) is 6.29. The first-order valence-corrected chi connectivity index (χ1v) is 7.57. The number of hydrogen-bond donors (Lipinski definition) is 2. The number of rotatable bonds is 6. The summed E-state index contributed by atoms with van der Waals surface area (Å²) in [7, 11) is -4.43. The summed E-state index contributed by atoms with van der Waals surface area (Å²) in [6.07, 6.45) is 7.02. The van der Waals surface area contributed by atoms with E-state index in [-0.39, 0.29) is 6.54 Å². The Morgan fingerprint density at radius 1 is 1.06 bits per heavy atom. The highest BCUT2D eigenvalue weighted by molar-refractivity contribution is 7.89. The Bertz CT molecular complexity index is 301. The molecule has 0 unspecified atom stereocenters. The highest BCUT2D eigenvalue weighted by atomic mass is 32.2. The van der Waals surface area contributed by atoms with Gasteiger partial charge >= 0.3 is 5.76 Å². The molecule has 0 radical (unpaired) electrons. The molecule has 2 N–H and O–H groups in total. The summed E-state index contributed by atoms with van der Waals surface area (Å²) in [5.74, 6) is -3.35. The van der Waals surface area contributed by atoms with Gasteiger partial charge in [-0.25, -0.2) is 13.1 Å². The standard InChI is InChI=1S/C10H20F2N2O2S/c11-10(12)17(15,16)14-8-7-13-9-5-3-1-2-4-6-9/h9-10,13-14H,1-8H2. The molecule has 0 aromatic heterocycles. The molecule has 0 aromatic rings. The molecular weight excluding hydrogens is 250 g/mol. The minimum Gasteiger partial charge on any atom is -0.313 e. The second-order valence-electron chi connectivity index (χ2n) is 4.34. The SMILES string of the molecule is O=S(=O)(NCCNC1CCCCCC1)C(F)F. The van der Waals surface area contributed by atoms with E-state index < -0.39 is 15.8 Å². The molecule has 1 rings (SSSR count). The molecular formula is C10H20F2N2O2S. The van der Waals surface area contributed by atoms with Crippen molar-refractivity contribution in [3.63, 3.8) is 0 Å². The van der Waals surface area contributed by atoms with Gasteiger partial charge in [0.15, 0.2) is 0 Å². The Morgan fingerprint density at radius 3 is 2.18 bits per heavy atom. The summed E-state index contributed by atoms with van der Waals surface area (Å²) in [4.78, 5) is 0. The molecule has 1 saturated carbocycles. The maximum Gasteiger partial charge on any atom is 0.350 e. The zero-order valence-corrected chi connectivity index (χ0v) is 10.6. The Labute approximate surface area is 101 Å². The van der Waals surface area contributed by atoms with E-state index in [2.05, 4.69) is 5.32 Å². The number of hydrogen-bond acceptors (Lipinski definition) is 3. The summed E-state index contributed by atoms with van der Waals surface area (Å²) in [5, 5.41) is 3.20. The predicted octanol–water partition coefficient (Wildman–Crippen LogP) is 1.44. The second kappa shape index (κ2) is 7.23. The number of halogens is 2. The van der Waals surface area contributed by atoms with Crippen LogP contribution in [0.3, 0.4) is 0 Å². The first-order chi connectivity index (χ1) is 8.02. The van der Waals surface area contributed by atoms with Gasteiger partial charge in [-0.15, -0.1) is 0 Å². The summed E-state index contributed by atoms with van der Waals surface area (Å²) >= 11 is 0. The van der Waals surface area contributed by atoms with E-state index in [1.165, 1.54) is 25.7 Å². The van der Waals surface area contributed by atoms with Gasteiger partial charge in [0.25, 0.3) is 10.0 Å². The monoisotopic (exact) mass is 270 g/mol. The van der Waals surface area contributed by atoms with Crippen molar-refractivity contribution in [1.82, 2.24) is 10.0 Å². The summed E-state index contributed by atoms with van der Waals surface area (Å²) in [5.41, 5.74) is 0. The lowest BCUT2D eigenvalue weighted by Gasteiger charge is -2.16. The van der Waals surface area contributed by atoms with Gasteiger partial charge in [0.05, 0.1) is 0 Å². The van der Waals surface area contributed by atoms with Gasteiger partial charge in [-0.3, -0.25) is 0 Å². The highest BCUT2D eigenvalue weighted by Gasteiger charge is 2.22. The van der Waals surface area contributed by atoms with E-state index in [0.717, 1.165) is 12.8 Å². The molecule has 102 valence electrons. The molecule has 17 heavy (non-hydrogen) atoms. The van der Waals surface area contributed by atoms with E-state index in [1.54, 1.807) is 0 Å². The van der Waals surface area contributed by atoms with Gasteiger partial charge in [-0.05, 0) is 12.8 Å². The van der Waals surface area contributed by atoms with Crippen LogP contribution in [0.25, 0.3) is 0 Å². The summed E-state index contributed by atoms with van der Waals surface area (Å²) in [6, 6.07) is 0.397. The van der Waals surface area contributed by atoms with Crippen LogP contribution in [0.15, 0.2) is 0 Å². The first-order valence-electron chi connectivity index (χ1n) is 6.02. The van der Waals surface area contributed by atoms with Crippen LogP contribution in [-0.2, 0) is 10.0 Å². The van der Waals surface area contributed by atoms with Crippen LogP contribution in [0, 0.1) is 0 Å². The van der Waals surface area contributed by atoms with Crippen molar-refractivity contribution in [3.05, 3.63) is 0 Å². The quantitative estimate of drug-likeness (QED) is 0.567. The molecule has 0 aliphatic heterocycles. The molecule has 1 aliphatic carbocycles. The van der Waals surface area contributed by atoms with Gasteiger partial charge in [-0.1, -0.05) is 25.7 Å². The number of nitrogens with one attached hydrogen (secondary N) is 2. The molecule has 4 nitrogen and oxygen atoms in total. The van der Waals surface area contributed by atoms with Gasteiger partial charge < -0.3 is 5.32 Å². The number of sulfonamides is 1. The molecule has 7 heteroatoms. The van der Waals surface area contributed by atoms with E-state index in [9.17, 15) is 17.2 Å². The van der Waals surface area contributed by atoms with Crippen molar-refractivity contribution in [3.8, 4) is 0 Å². The minimum absolute atomic E-state index is 0.0170. The van der Waals surface area contributed by atoms with Crippen molar-refractivity contribution in [1.29, 1.82) is 0 Å². The topological polar surface area (TPSA) is 58.2 Å². The average molecular weight is 270 g/mol. The maximum atomic E-state index is 12.0. The third-order valence-electron chi connectivity index (χ3n) is 2.95. The zero-order chi connectivity index (χ0) is 12.7. The fourth-order valence-corrected chi connectivity index (χ4v) is 2.53. The van der Waals surface area contributed by atoms with Gasteiger partial charge in [0, 0.05) is 19.1 Å². The molecule has 0 heterocycles. The Hall–Kier alpha value is -0.270. The van der Waals surface area contributed by atoms with E-state index in [1.807, 2.05) is 4.72 Å². The highest BCUT2D eigenvalue weighted by Crippen LogP contribution is 2.16. The van der Waals surface area contributed by atoms with Gasteiger partial charge in [-0.2, -0.15) is 8.78 Å². The first kappa shape index (κ1) is 14.8. The minimum atomic E-state index is -4.43. The van der Waals surface area contributed by atoms with Crippen LogP contribution in [0.1, 0.15) is 38.5 Å². The van der Waals surface area contributed by atoms with Crippen LogP contribution in [0.5, 0.6) is 0 Å². The average Bonchev–Trinajstić information content (AvgIpc) is 2.52. The predicted molar refractivity (Wildman–Crippen MR) is 62.4 cm³/mol. The number of alkyl halides is 2. The molecule has 0 saturated heterocycles. The lowest BCUT2D eigenvalue weighted by Crippen LogP contribution is -2.38. The molecule has 0 aromatic carbocycles. The van der Waals surface area contributed by atoms with Gasteiger partial charge in [0.1, 0.15) is 0 Å². The fourth-order valence-electron chi connectivity index (χ4n) is 2.02. The molecule has 0 atom stereocenters. The Balaban J connectivity index is 2.15. The Morgan fingerprint density at radius 2 is 1.65 bits per heavy atom. The second-order valence-corrected chi connectivity index (χ2v) is 6.08. The third-order valence-corrected chi connectivity index (χ3v) is 4.03. The van der Waals surface area contributed by atoms with E-state index in [0.29, 0.717) is 12.6 Å². The van der Waals surface area contributed by atoms with Crippen LogP contribution in [0.2, 0.25) is 0 Å². The third kappa shape index (κ3) is 5.74. The summed E-state index contributed by atoms with van der Waals surface area (Å²) < 4.78 is 47.3. The van der Waals surface area contributed by atoms with Crippen molar-refractivity contribution in [2.75, 3.05) is 13.1 Å². The van der Waals surface area contributed by atoms with Crippen molar-refractivity contribution in [2.24, 2.45) is 0 Å². The molecule has 0 amide bonds. The molecule has 1 aliphatic rings. The van der Waals surface area contributed by atoms with Gasteiger partial charge in [0.2, 0.25) is 0 Å². The van der Waals surface area contributed by atoms with Crippen LogP contribution < -0.4 is 10.0 Å².